The van der Waals surface area contributed by atoms with Crippen molar-refractivity contribution in [1.82, 2.24) is 0 Å². The molecule has 31 heavy (non-hydrogen) atoms. The number of ether oxygens (including phenoxy) is 1. The SMILES string of the molecule is Cc1ccc(Oc2ccc(N3C(=O)c4ccc5c6c(ccc(c46)C3=O)CC5)cc2)cc1. The first-order valence-corrected chi connectivity index (χ1v) is 10.4. The van der Waals surface area contributed by atoms with E-state index in [-0.39, 0.29) is 11.8 Å². The van der Waals surface area contributed by atoms with Gasteiger partial charge < -0.3 is 4.74 Å². The highest BCUT2D eigenvalue weighted by atomic mass is 16.5. The Balaban J connectivity index is 1.37. The monoisotopic (exact) mass is 405 g/mol. The van der Waals surface area contributed by atoms with E-state index in [4.69, 9.17) is 4.74 Å². The van der Waals surface area contributed by atoms with Crippen molar-refractivity contribution in [3.63, 3.8) is 0 Å². The van der Waals surface area contributed by atoms with E-state index in [1.807, 2.05) is 55.5 Å². The summed E-state index contributed by atoms with van der Waals surface area (Å²) < 4.78 is 5.88. The third kappa shape index (κ3) is 2.68. The summed E-state index contributed by atoms with van der Waals surface area (Å²) in [5, 5.41) is 1.91. The molecule has 4 nitrogen and oxygen atoms in total. The minimum absolute atomic E-state index is 0.277. The first-order valence-electron chi connectivity index (χ1n) is 10.4. The smallest absolute Gasteiger partial charge is 0.265 e. The zero-order valence-electron chi connectivity index (χ0n) is 17.0. The van der Waals surface area contributed by atoms with Gasteiger partial charge in [-0.2, -0.15) is 0 Å². The van der Waals surface area contributed by atoms with Crippen LogP contribution in [0.3, 0.4) is 0 Å². The summed E-state index contributed by atoms with van der Waals surface area (Å²) in [6.45, 7) is 2.02. The summed E-state index contributed by atoms with van der Waals surface area (Å²) in [5.74, 6) is 0.828. The molecule has 1 aliphatic carbocycles. The molecule has 1 heterocycles. The molecule has 0 spiro atoms. The number of benzene rings is 4. The Bertz CT molecular complexity index is 1330. The van der Waals surface area contributed by atoms with Crippen LogP contribution in [0.25, 0.3) is 10.8 Å². The van der Waals surface area contributed by atoms with Gasteiger partial charge in [-0.15, -0.1) is 0 Å². The molecule has 0 aromatic heterocycles. The standard InChI is InChI=1S/C27H19NO3/c1-16-2-10-20(11-3-16)31-21-12-8-19(9-13-21)28-26(29)22-14-6-17-4-5-18-7-15-23(27(28)30)25(22)24(17)18/h2-3,6-15H,4-5H2,1H3. The van der Waals surface area contributed by atoms with Crippen molar-refractivity contribution in [2.24, 2.45) is 0 Å². The van der Waals surface area contributed by atoms with E-state index in [2.05, 4.69) is 0 Å². The van der Waals surface area contributed by atoms with Gasteiger partial charge >= 0.3 is 0 Å². The molecule has 0 saturated carbocycles. The predicted molar refractivity (Wildman–Crippen MR) is 120 cm³/mol. The third-order valence-electron chi connectivity index (χ3n) is 6.22. The van der Waals surface area contributed by atoms with Gasteiger partial charge in [-0.1, -0.05) is 29.8 Å². The molecule has 0 atom stereocenters. The largest absolute Gasteiger partial charge is 0.457 e. The number of aryl methyl sites for hydroxylation is 3. The number of anilines is 1. The number of carbonyl (C=O) groups is 2. The second-order valence-corrected chi connectivity index (χ2v) is 8.15. The first-order chi connectivity index (χ1) is 15.1. The van der Waals surface area contributed by atoms with Crippen molar-refractivity contribution in [2.45, 2.75) is 19.8 Å². The van der Waals surface area contributed by atoms with Crippen LogP contribution in [-0.4, -0.2) is 11.8 Å². The molecule has 0 radical (unpaired) electrons. The molecule has 0 saturated heterocycles. The molecule has 2 amide bonds. The van der Waals surface area contributed by atoms with Gasteiger partial charge in [0.1, 0.15) is 11.5 Å². The van der Waals surface area contributed by atoms with Crippen LogP contribution in [0.1, 0.15) is 37.4 Å². The maximum absolute atomic E-state index is 13.3. The normalized spacial score (nSPS) is 14.4. The lowest BCUT2D eigenvalue weighted by Crippen LogP contribution is -2.40. The number of imide groups is 1. The fraction of sp³-hybridized carbons (Fsp3) is 0.111. The Morgan fingerprint density at radius 1 is 0.645 bits per heavy atom. The maximum atomic E-state index is 13.3. The van der Waals surface area contributed by atoms with Crippen molar-refractivity contribution in [3.05, 3.63) is 101 Å². The number of hydrogen-bond acceptors (Lipinski definition) is 3. The predicted octanol–water partition coefficient (Wildman–Crippen LogP) is 5.84. The third-order valence-corrected chi connectivity index (χ3v) is 6.22. The van der Waals surface area contributed by atoms with E-state index in [1.165, 1.54) is 16.0 Å². The fourth-order valence-electron chi connectivity index (χ4n) is 4.66. The van der Waals surface area contributed by atoms with Gasteiger partial charge in [0.15, 0.2) is 0 Å². The van der Waals surface area contributed by atoms with Crippen molar-refractivity contribution in [2.75, 3.05) is 4.90 Å². The van der Waals surface area contributed by atoms with E-state index >= 15 is 0 Å². The second-order valence-electron chi connectivity index (χ2n) is 8.15. The van der Waals surface area contributed by atoms with E-state index in [0.29, 0.717) is 22.6 Å². The van der Waals surface area contributed by atoms with Crippen LogP contribution in [0.2, 0.25) is 0 Å². The number of nitrogens with zero attached hydrogens (tertiary/aromatic N) is 1. The Morgan fingerprint density at radius 3 is 1.71 bits per heavy atom. The zero-order valence-corrected chi connectivity index (χ0v) is 17.0. The van der Waals surface area contributed by atoms with Crippen molar-refractivity contribution >= 4 is 28.3 Å². The molecule has 4 aromatic rings. The molecular formula is C27H19NO3. The van der Waals surface area contributed by atoms with Crippen LogP contribution in [0.15, 0.2) is 72.8 Å². The van der Waals surface area contributed by atoms with Crippen LogP contribution < -0.4 is 9.64 Å². The van der Waals surface area contributed by atoms with Gasteiger partial charge in [0, 0.05) is 16.5 Å². The van der Waals surface area contributed by atoms with E-state index in [1.54, 1.807) is 24.3 Å². The number of rotatable bonds is 3. The highest BCUT2D eigenvalue weighted by molar-refractivity contribution is 6.36. The Morgan fingerprint density at radius 2 is 1.16 bits per heavy atom. The van der Waals surface area contributed by atoms with Gasteiger partial charge in [0.05, 0.1) is 5.69 Å². The minimum Gasteiger partial charge on any atom is -0.457 e. The molecule has 4 heteroatoms. The van der Waals surface area contributed by atoms with Gasteiger partial charge in [-0.3, -0.25) is 9.59 Å². The van der Waals surface area contributed by atoms with Crippen LogP contribution in [0.5, 0.6) is 11.5 Å². The van der Waals surface area contributed by atoms with Crippen molar-refractivity contribution in [1.29, 1.82) is 0 Å². The van der Waals surface area contributed by atoms with Crippen LogP contribution in [0, 0.1) is 6.92 Å². The molecule has 6 rings (SSSR count). The zero-order chi connectivity index (χ0) is 21.1. The topological polar surface area (TPSA) is 46.6 Å². The summed E-state index contributed by atoms with van der Waals surface area (Å²) in [6, 6.07) is 22.7. The van der Waals surface area contributed by atoms with Crippen molar-refractivity contribution in [3.8, 4) is 11.5 Å². The lowest BCUT2D eigenvalue weighted by Gasteiger charge is -2.27. The number of hydrogen-bond donors (Lipinski definition) is 0. The summed E-state index contributed by atoms with van der Waals surface area (Å²) >= 11 is 0. The highest BCUT2D eigenvalue weighted by Gasteiger charge is 2.35. The molecule has 150 valence electrons. The van der Waals surface area contributed by atoms with Gasteiger partial charge in [-0.25, -0.2) is 4.90 Å². The first kappa shape index (κ1) is 17.9. The van der Waals surface area contributed by atoms with E-state index in [0.717, 1.165) is 34.9 Å². The average molecular weight is 405 g/mol. The van der Waals surface area contributed by atoms with Crippen LogP contribution in [-0.2, 0) is 12.8 Å². The van der Waals surface area contributed by atoms with Crippen LogP contribution in [0.4, 0.5) is 5.69 Å². The Kier molecular flexibility index (Phi) is 3.78. The van der Waals surface area contributed by atoms with E-state index in [9.17, 15) is 9.59 Å². The number of carbonyl (C=O) groups excluding carboxylic acids is 2. The summed E-state index contributed by atoms with van der Waals surface area (Å²) in [7, 11) is 0. The maximum Gasteiger partial charge on any atom is 0.265 e. The van der Waals surface area contributed by atoms with Gasteiger partial charge in [0.2, 0.25) is 0 Å². The summed E-state index contributed by atoms with van der Waals surface area (Å²) in [4.78, 5) is 27.9. The molecule has 0 N–H and O–H groups in total. The Labute approximate surface area is 179 Å². The number of amides is 2. The lowest BCUT2D eigenvalue weighted by molar-refractivity contribution is 0.0893. The molecule has 2 aliphatic rings. The highest BCUT2D eigenvalue weighted by Crippen LogP contribution is 2.39. The van der Waals surface area contributed by atoms with Gasteiger partial charge in [-0.05, 0) is 84.8 Å². The molecule has 4 aromatic carbocycles. The summed E-state index contributed by atoms with van der Waals surface area (Å²) in [5.41, 5.74) is 5.33. The summed E-state index contributed by atoms with van der Waals surface area (Å²) in [6.07, 6.45) is 1.92. The van der Waals surface area contributed by atoms with E-state index < -0.39 is 0 Å². The van der Waals surface area contributed by atoms with Gasteiger partial charge in [0.25, 0.3) is 11.8 Å². The minimum atomic E-state index is -0.277. The Hall–Kier alpha value is -3.92. The molecule has 0 bridgehead atoms. The molecule has 0 fully saturated rings. The second kappa shape index (κ2) is 6.54. The molecule has 1 aliphatic heterocycles. The average Bonchev–Trinajstić information content (AvgIpc) is 3.21. The lowest BCUT2D eigenvalue weighted by atomic mass is 9.91. The molecular weight excluding hydrogens is 386 g/mol. The van der Waals surface area contributed by atoms with Crippen LogP contribution >= 0.6 is 0 Å². The fourth-order valence-corrected chi connectivity index (χ4v) is 4.66. The van der Waals surface area contributed by atoms with Crippen molar-refractivity contribution < 1.29 is 14.3 Å². The molecule has 0 unspecified atom stereocenters. The quantitative estimate of drug-likeness (QED) is 0.402.